The Morgan fingerprint density at radius 2 is 1.58 bits per heavy atom. The Hall–Kier alpha value is -2.21. The summed E-state index contributed by atoms with van der Waals surface area (Å²) in [6.07, 6.45) is 0.590. The van der Waals surface area contributed by atoms with E-state index in [1.165, 1.54) is 0 Å². The first-order valence-corrected chi connectivity index (χ1v) is 8.88. The van der Waals surface area contributed by atoms with Gasteiger partial charge in [-0.2, -0.15) is 0 Å². The number of Topliss-reactive ketones (excluding diaryl/α,β-unsaturated/α-hetero) is 1. The molecule has 1 N–H and O–H groups in total. The number of rotatable bonds is 6. The highest BCUT2D eigenvalue weighted by Gasteiger charge is 2.49. The molecule has 0 spiro atoms. The molecule has 0 bridgehead atoms. The standard InChI is InChI=1S/C20H27NO5/c1-19(2,3)16(22)14-26-18(24)20(9-11-21-12-10-20)17(23)25-13-15-7-5-4-6-8-15/h4-8,21H,9-14H2,1-3H3. The molecular formula is C20H27NO5. The smallest absolute Gasteiger partial charge is 0.324 e. The van der Waals surface area contributed by atoms with Gasteiger partial charge < -0.3 is 14.8 Å². The van der Waals surface area contributed by atoms with Gasteiger partial charge in [0, 0.05) is 5.41 Å². The minimum Gasteiger partial charge on any atom is -0.460 e. The number of benzene rings is 1. The molecule has 0 unspecified atom stereocenters. The second kappa shape index (κ2) is 8.45. The van der Waals surface area contributed by atoms with Crippen molar-refractivity contribution in [1.82, 2.24) is 5.32 Å². The van der Waals surface area contributed by atoms with Crippen LogP contribution in [-0.4, -0.2) is 37.4 Å². The Bertz CT molecular complexity index is 642. The van der Waals surface area contributed by atoms with Gasteiger partial charge in [0.25, 0.3) is 0 Å². The number of carbonyl (C=O) groups excluding carboxylic acids is 3. The Morgan fingerprint density at radius 3 is 2.15 bits per heavy atom. The molecule has 0 saturated carbocycles. The minimum atomic E-state index is -1.35. The van der Waals surface area contributed by atoms with Gasteiger partial charge in [0.05, 0.1) is 0 Å². The van der Waals surface area contributed by atoms with Gasteiger partial charge in [0.1, 0.15) is 6.61 Å². The maximum absolute atomic E-state index is 12.7. The van der Waals surface area contributed by atoms with E-state index in [-0.39, 0.29) is 19.0 Å². The SMILES string of the molecule is CC(C)(C)C(=O)COC(=O)C1(C(=O)OCc2ccccc2)CCNCC1. The third-order valence-electron chi connectivity index (χ3n) is 4.62. The van der Waals surface area contributed by atoms with Gasteiger partial charge in [-0.05, 0) is 31.5 Å². The molecule has 26 heavy (non-hydrogen) atoms. The molecule has 0 aromatic heterocycles. The van der Waals surface area contributed by atoms with E-state index >= 15 is 0 Å². The zero-order chi connectivity index (χ0) is 19.2. The fraction of sp³-hybridized carbons (Fsp3) is 0.550. The Labute approximate surface area is 154 Å². The number of esters is 2. The number of hydrogen-bond acceptors (Lipinski definition) is 6. The zero-order valence-electron chi connectivity index (χ0n) is 15.7. The fourth-order valence-corrected chi connectivity index (χ4v) is 2.69. The lowest BCUT2D eigenvalue weighted by Gasteiger charge is -2.33. The molecule has 1 fully saturated rings. The molecule has 1 aliphatic rings. The Kier molecular flexibility index (Phi) is 6.53. The first kappa shape index (κ1) is 20.1. The molecular weight excluding hydrogens is 334 g/mol. The number of ketones is 1. The lowest BCUT2D eigenvalue weighted by Crippen LogP contribution is -2.49. The van der Waals surface area contributed by atoms with Gasteiger partial charge in [-0.25, -0.2) is 0 Å². The quantitative estimate of drug-likeness (QED) is 0.618. The van der Waals surface area contributed by atoms with Crippen molar-refractivity contribution < 1.29 is 23.9 Å². The van der Waals surface area contributed by atoms with E-state index in [0.717, 1.165) is 5.56 Å². The first-order valence-electron chi connectivity index (χ1n) is 8.88. The molecule has 2 rings (SSSR count). The molecule has 1 aromatic carbocycles. The molecule has 1 aliphatic heterocycles. The lowest BCUT2D eigenvalue weighted by atomic mass is 9.79. The Balaban J connectivity index is 2.05. The van der Waals surface area contributed by atoms with Crippen LogP contribution < -0.4 is 5.32 Å². The first-order chi connectivity index (χ1) is 12.3. The average molecular weight is 361 g/mol. The molecule has 0 amide bonds. The summed E-state index contributed by atoms with van der Waals surface area (Å²) in [5.41, 5.74) is -1.10. The van der Waals surface area contributed by atoms with Gasteiger partial charge in [0.2, 0.25) is 0 Å². The summed E-state index contributed by atoms with van der Waals surface area (Å²) in [5, 5.41) is 3.13. The maximum atomic E-state index is 12.7. The molecule has 142 valence electrons. The van der Waals surface area contributed by atoms with E-state index in [2.05, 4.69) is 5.32 Å². The highest BCUT2D eigenvalue weighted by Crippen LogP contribution is 2.33. The molecule has 1 heterocycles. The third-order valence-corrected chi connectivity index (χ3v) is 4.62. The maximum Gasteiger partial charge on any atom is 0.324 e. The topological polar surface area (TPSA) is 81.7 Å². The molecule has 0 aliphatic carbocycles. The summed E-state index contributed by atoms with van der Waals surface area (Å²) in [6, 6.07) is 9.29. The van der Waals surface area contributed by atoms with Gasteiger partial charge >= 0.3 is 11.9 Å². The van der Waals surface area contributed by atoms with Crippen molar-refractivity contribution in [2.24, 2.45) is 10.8 Å². The van der Waals surface area contributed by atoms with Crippen LogP contribution in [0.1, 0.15) is 39.2 Å². The van der Waals surface area contributed by atoms with E-state index in [4.69, 9.17) is 9.47 Å². The van der Waals surface area contributed by atoms with Crippen LogP contribution in [0.3, 0.4) is 0 Å². The average Bonchev–Trinajstić information content (AvgIpc) is 2.64. The van der Waals surface area contributed by atoms with Crippen molar-refractivity contribution in [3.8, 4) is 0 Å². The van der Waals surface area contributed by atoms with Gasteiger partial charge in [-0.1, -0.05) is 51.1 Å². The number of carbonyl (C=O) groups is 3. The van der Waals surface area contributed by atoms with Crippen molar-refractivity contribution in [1.29, 1.82) is 0 Å². The summed E-state index contributed by atoms with van der Waals surface area (Å²) in [4.78, 5) is 37.5. The van der Waals surface area contributed by atoms with E-state index in [1.54, 1.807) is 20.8 Å². The van der Waals surface area contributed by atoms with Crippen molar-refractivity contribution in [2.75, 3.05) is 19.7 Å². The predicted molar refractivity (Wildman–Crippen MR) is 96.2 cm³/mol. The van der Waals surface area contributed by atoms with Crippen LogP contribution in [0.25, 0.3) is 0 Å². The van der Waals surface area contributed by atoms with E-state index < -0.39 is 22.8 Å². The highest BCUT2D eigenvalue weighted by molar-refractivity contribution is 6.01. The van der Waals surface area contributed by atoms with E-state index in [1.807, 2.05) is 30.3 Å². The fourth-order valence-electron chi connectivity index (χ4n) is 2.69. The molecule has 0 radical (unpaired) electrons. The van der Waals surface area contributed by atoms with Gasteiger partial charge in [-0.3, -0.25) is 14.4 Å². The number of nitrogens with one attached hydrogen (secondary N) is 1. The van der Waals surface area contributed by atoms with Crippen molar-refractivity contribution in [2.45, 2.75) is 40.2 Å². The largest absolute Gasteiger partial charge is 0.460 e. The van der Waals surface area contributed by atoms with Gasteiger partial charge in [0.15, 0.2) is 17.8 Å². The summed E-state index contributed by atoms with van der Waals surface area (Å²) in [7, 11) is 0. The van der Waals surface area contributed by atoms with Crippen LogP contribution in [0, 0.1) is 10.8 Å². The molecule has 6 nitrogen and oxygen atoms in total. The van der Waals surface area contributed by atoms with Crippen molar-refractivity contribution >= 4 is 17.7 Å². The predicted octanol–water partition coefficient (Wildman–Crippen LogP) is 2.26. The summed E-state index contributed by atoms with van der Waals surface area (Å²) in [5.74, 6) is -1.45. The monoisotopic (exact) mass is 361 g/mol. The molecule has 6 heteroatoms. The van der Waals surface area contributed by atoms with Crippen LogP contribution in [0.5, 0.6) is 0 Å². The lowest BCUT2D eigenvalue weighted by molar-refractivity contribution is -0.177. The molecule has 1 aromatic rings. The van der Waals surface area contributed by atoms with Crippen LogP contribution >= 0.6 is 0 Å². The number of ether oxygens (including phenoxy) is 2. The third kappa shape index (κ3) is 4.91. The van der Waals surface area contributed by atoms with Gasteiger partial charge in [-0.15, -0.1) is 0 Å². The molecule has 0 atom stereocenters. The van der Waals surface area contributed by atoms with Crippen molar-refractivity contribution in [3.63, 3.8) is 0 Å². The second-order valence-electron chi connectivity index (χ2n) is 7.64. The highest BCUT2D eigenvalue weighted by atomic mass is 16.6. The van der Waals surface area contributed by atoms with E-state index in [0.29, 0.717) is 25.9 Å². The summed E-state index contributed by atoms with van der Waals surface area (Å²) >= 11 is 0. The minimum absolute atomic E-state index is 0.100. The van der Waals surface area contributed by atoms with Crippen LogP contribution in [0.4, 0.5) is 0 Å². The van der Waals surface area contributed by atoms with Crippen LogP contribution in [0.2, 0.25) is 0 Å². The summed E-state index contributed by atoms with van der Waals surface area (Å²) < 4.78 is 10.6. The Morgan fingerprint density at radius 1 is 1.00 bits per heavy atom. The van der Waals surface area contributed by atoms with E-state index in [9.17, 15) is 14.4 Å². The number of piperidine rings is 1. The normalized spacial score (nSPS) is 16.6. The summed E-state index contributed by atoms with van der Waals surface area (Å²) in [6.45, 7) is 6.09. The second-order valence-corrected chi connectivity index (χ2v) is 7.64. The van der Waals surface area contributed by atoms with Crippen LogP contribution in [-0.2, 0) is 30.5 Å². The molecule has 1 saturated heterocycles. The number of hydrogen-bond donors (Lipinski definition) is 1. The van der Waals surface area contributed by atoms with Crippen LogP contribution in [0.15, 0.2) is 30.3 Å². The zero-order valence-corrected chi connectivity index (χ0v) is 15.7. The van der Waals surface area contributed by atoms with Crippen molar-refractivity contribution in [3.05, 3.63) is 35.9 Å².